The van der Waals surface area contributed by atoms with Gasteiger partial charge in [-0.3, -0.25) is 9.59 Å². The van der Waals surface area contributed by atoms with Crippen LogP contribution in [-0.2, 0) is 0 Å². The summed E-state index contributed by atoms with van der Waals surface area (Å²) in [5, 5.41) is 12.7. The number of aromatic carboxylic acids is 1. The third-order valence-electron chi connectivity index (χ3n) is 4.46. The van der Waals surface area contributed by atoms with Gasteiger partial charge in [-0.05, 0) is 36.2 Å². The first kappa shape index (κ1) is 21.7. The van der Waals surface area contributed by atoms with Crippen LogP contribution in [0.3, 0.4) is 0 Å². The lowest BCUT2D eigenvalue weighted by Crippen LogP contribution is -2.21. The normalized spacial score (nSPS) is 11.1. The van der Waals surface area contributed by atoms with Crippen LogP contribution in [0.5, 0.6) is 0 Å². The molecule has 0 fully saturated rings. The number of aromatic amines is 1. The van der Waals surface area contributed by atoms with E-state index in [9.17, 15) is 19.5 Å². The average molecular weight is 448 g/mol. The van der Waals surface area contributed by atoms with Crippen LogP contribution in [0.2, 0.25) is 10.0 Å². The second kappa shape index (κ2) is 8.38. The third-order valence-corrected chi connectivity index (χ3v) is 5.09. The lowest BCUT2D eigenvalue weighted by Gasteiger charge is -2.16. The molecule has 3 rings (SSSR count). The number of fused-ring (bicyclic) bond motifs is 1. The zero-order valence-corrected chi connectivity index (χ0v) is 17.7. The summed E-state index contributed by atoms with van der Waals surface area (Å²) in [5.74, 6) is -1.61. The number of rotatable bonds is 6. The van der Waals surface area contributed by atoms with Gasteiger partial charge in [-0.15, -0.1) is 0 Å². The molecule has 0 amide bonds. The van der Waals surface area contributed by atoms with Crippen molar-refractivity contribution in [2.45, 2.75) is 20.3 Å². The molecule has 0 saturated heterocycles. The Morgan fingerprint density at radius 3 is 2.47 bits per heavy atom. The standard InChI is InChI=1S/C21H19Cl2N3O4/c1-9(2)7-15(27)17-19(28)16-12(22)5-4-11(21(29)30)18(16)26-20(17)25-14-6-3-10(24)8-13(14)23/h3-6,8-9H,7,24H2,1-2H3,(H,29,30)(H2,25,26,28). The van der Waals surface area contributed by atoms with Crippen LogP contribution in [-0.4, -0.2) is 21.8 Å². The Morgan fingerprint density at radius 1 is 1.17 bits per heavy atom. The number of pyridine rings is 1. The number of anilines is 3. The number of Topliss-reactive ketones (excluding diaryl/α,β-unsaturated/α-hetero) is 1. The topological polar surface area (TPSA) is 125 Å². The van der Waals surface area contributed by atoms with Gasteiger partial charge in [0.15, 0.2) is 5.78 Å². The first-order chi connectivity index (χ1) is 14.1. The molecular formula is C21H19Cl2N3O4. The predicted octanol–water partition coefficient (Wildman–Crippen LogP) is 5.09. The Labute approximate surface area is 181 Å². The fourth-order valence-corrected chi connectivity index (χ4v) is 3.61. The summed E-state index contributed by atoms with van der Waals surface area (Å²) in [6.07, 6.45) is 0.120. The number of nitrogens with two attached hydrogens (primary N) is 1. The fraction of sp³-hybridized carbons (Fsp3) is 0.190. The monoisotopic (exact) mass is 447 g/mol. The zero-order valence-electron chi connectivity index (χ0n) is 16.2. The Balaban J connectivity index is 2.34. The number of benzene rings is 2. The van der Waals surface area contributed by atoms with Gasteiger partial charge < -0.3 is 21.1 Å². The van der Waals surface area contributed by atoms with Crippen molar-refractivity contribution in [3.05, 3.63) is 61.7 Å². The Hall–Kier alpha value is -3.03. The number of nitrogens with one attached hydrogen (secondary N) is 2. The van der Waals surface area contributed by atoms with Gasteiger partial charge in [-0.25, -0.2) is 4.79 Å². The quantitative estimate of drug-likeness (QED) is 0.308. The predicted molar refractivity (Wildman–Crippen MR) is 119 cm³/mol. The lowest BCUT2D eigenvalue weighted by atomic mass is 9.98. The number of carboxylic acid groups (broad SMARTS) is 1. The van der Waals surface area contributed by atoms with Crippen molar-refractivity contribution in [2.24, 2.45) is 5.92 Å². The summed E-state index contributed by atoms with van der Waals surface area (Å²) < 4.78 is 0. The number of aromatic nitrogens is 1. The van der Waals surface area contributed by atoms with Crippen molar-refractivity contribution in [3.8, 4) is 0 Å². The van der Waals surface area contributed by atoms with Gasteiger partial charge in [-0.1, -0.05) is 37.0 Å². The number of carbonyl (C=O) groups excluding carboxylic acids is 1. The highest BCUT2D eigenvalue weighted by Crippen LogP contribution is 2.31. The molecular weight excluding hydrogens is 429 g/mol. The molecule has 0 spiro atoms. The first-order valence-electron chi connectivity index (χ1n) is 9.07. The molecule has 0 radical (unpaired) electrons. The molecule has 9 heteroatoms. The minimum Gasteiger partial charge on any atom is -0.478 e. The van der Waals surface area contributed by atoms with E-state index in [2.05, 4.69) is 10.3 Å². The van der Waals surface area contributed by atoms with E-state index in [4.69, 9.17) is 28.9 Å². The average Bonchev–Trinajstić information content (AvgIpc) is 2.63. The molecule has 2 aromatic carbocycles. The largest absolute Gasteiger partial charge is 0.478 e. The van der Waals surface area contributed by atoms with E-state index in [1.54, 1.807) is 12.1 Å². The zero-order chi connectivity index (χ0) is 22.2. The van der Waals surface area contributed by atoms with Gasteiger partial charge in [-0.2, -0.15) is 0 Å². The van der Waals surface area contributed by atoms with Crippen LogP contribution in [0, 0.1) is 5.92 Å². The van der Waals surface area contributed by atoms with Crippen molar-refractivity contribution < 1.29 is 14.7 Å². The second-order valence-corrected chi connectivity index (χ2v) is 8.05. The highest BCUT2D eigenvalue weighted by atomic mass is 35.5. The van der Waals surface area contributed by atoms with Crippen molar-refractivity contribution in [1.29, 1.82) is 0 Å². The van der Waals surface area contributed by atoms with Crippen LogP contribution in [0.1, 0.15) is 41.0 Å². The maximum atomic E-state index is 13.3. The first-order valence-corrected chi connectivity index (χ1v) is 9.82. The SMILES string of the molecule is CC(C)CC(=O)c1c(Nc2ccc(N)cc2Cl)[nH]c2c(C(=O)O)ccc(Cl)c2c1=O. The smallest absolute Gasteiger partial charge is 0.337 e. The van der Waals surface area contributed by atoms with Gasteiger partial charge in [0.05, 0.1) is 32.2 Å². The van der Waals surface area contributed by atoms with E-state index >= 15 is 0 Å². The van der Waals surface area contributed by atoms with Crippen molar-refractivity contribution >= 4 is 63.0 Å². The molecule has 1 aromatic heterocycles. The van der Waals surface area contributed by atoms with Crippen LogP contribution in [0.25, 0.3) is 10.9 Å². The van der Waals surface area contributed by atoms with E-state index < -0.39 is 17.2 Å². The van der Waals surface area contributed by atoms with E-state index in [1.807, 2.05) is 13.8 Å². The van der Waals surface area contributed by atoms with Gasteiger partial charge in [0.1, 0.15) is 11.4 Å². The van der Waals surface area contributed by atoms with E-state index in [0.29, 0.717) is 11.4 Å². The minimum atomic E-state index is -1.25. The number of hydrogen-bond acceptors (Lipinski definition) is 5. The summed E-state index contributed by atoms with van der Waals surface area (Å²) in [7, 11) is 0. The molecule has 0 unspecified atom stereocenters. The Bertz CT molecular complexity index is 1240. The van der Waals surface area contributed by atoms with Crippen LogP contribution in [0.4, 0.5) is 17.2 Å². The molecule has 0 aliphatic heterocycles. The summed E-state index contributed by atoms with van der Waals surface area (Å²) in [6.45, 7) is 3.71. The lowest BCUT2D eigenvalue weighted by molar-refractivity contribution is 0.0698. The number of nitrogen functional groups attached to an aromatic ring is 1. The van der Waals surface area contributed by atoms with Crippen molar-refractivity contribution in [3.63, 3.8) is 0 Å². The minimum absolute atomic E-state index is 0.00128. The molecule has 156 valence electrons. The molecule has 1 heterocycles. The van der Waals surface area contributed by atoms with Crippen molar-refractivity contribution in [2.75, 3.05) is 11.1 Å². The van der Waals surface area contributed by atoms with Gasteiger partial charge in [0.25, 0.3) is 0 Å². The summed E-state index contributed by atoms with van der Waals surface area (Å²) >= 11 is 12.4. The highest BCUT2D eigenvalue weighted by molar-refractivity contribution is 6.36. The summed E-state index contributed by atoms with van der Waals surface area (Å²) in [4.78, 5) is 40.8. The van der Waals surface area contributed by atoms with E-state index in [1.165, 1.54) is 18.2 Å². The number of ketones is 1. The Kier molecular flexibility index (Phi) is 6.05. The third kappa shape index (κ3) is 4.13. The number of hydrogen-bond donors (Lipinski definition) is 4. The highest BCUT2D eigenvalue weighted by Gasteiger charge is 2.24. The number of H-pyrrole nitrogens is 1. The van der Waals surface area contributed by atoms with Gasteiger partial charge in [0.2, 0.25) is 5.43 Å². The van der Waals surface area contributed by atoms with Gasteiger partial charge >= 0.3 is 5.97 Å². The Morgan fingerprint density at radius 2 is 1.87 bits per heavy atom. The molecule has 0 aliphatic carbocycles. The summed E-state index contributed by atoms with van der Waals surface area (Å²) in [5.41, 5.74) is 5.60. The molecule has 5 N–H and O–H groups in total. The maximum Gasteiger partial charge on any atom is 0.337 e. The molecule has 30 heavy (non-hydrogen) atoms. The molecule has 0 atom stereocenters. The van der Waals surface area contributed by atoms with Gasteiger partial charge in [0, 0.05) is 12.1 Å². The van der Waals surface area contributed by atoms with E-state index in [0.717, 1.165) is 0 Å². The maximum absolute atomic E-state index is 13.3. The number of halogens is 2. The van der Waals surface area contributed by atoms with Crippen LogP contribution in [0.15, 0.2) is 35.1 Å². The fourth-order valence-electron chi connectivity index (χ4n) is 3.13. The van der Waals surface area contributed by atoms with E-state index in [-0.39, 0.29) is 50.2 Å². The summed E-state index contributed by atoms with van der Waals surface area (Å²) in [6, 6.07) is 7.31. The molecule has 0 saturated carbocycles. The number of carbonyl (C=O) groups is 2. The van der Waals surface area contributed by atoms with Crippen LogP contribution < -0.4 is 16.5 Å². The molecule has 0 aliphatic rings. The molecule has 3 aromatic rings. The molecule has 0 bridgehead atoms. The second-order valence-electron chi connectivity index (χ2n) is 7.24. The number of carboxylic acids is 1. The van der Waals surface area contributed by atoms with Crippen LogP contribution >= 0.6 is 23.2 Å². The van der Waals surface area contributed by atoms with Crippen molar-refractivity contribution in [1.82, 2.24) is 4.98 Å². The molecule has 7 nitrogen and oxygen atoms in total.